The summed E-state index contributed by atoms with van der Waals surface area (Å²) in [6, 6.07) is 13.3. The van der Waals surface area contributed by atoms with Crippen LogP contribution in [0.15, 0.2) is 60.0 Å². The van der Waals surface area contributed by atoms with E-state index in [0.717, 1.165) is 11.3 Å². The molecule has 0 bridgehead atoms. The summed E-state index contributed by atoms with van der Waals surface area (Å²) in [7, 11) is 0. The lowest BCUT2D eigenvalue weighted by Crippen LogP contribution is -2.47. The lowest BCUT2D eigenvalue weighted by Gasteiger charge is -2.28. The van der Waals surface area contributed by atoms with Gasteiger partial charge in [-0.2, -0.15) is 0 Å². The van der Waals surface area contributed by atoms with Gasteiger partial charge in [0, 0.05) is 16.5 Å². The summed E-state index contributed by atoms with van der Waals surface area (Å²) in [5.41, 5.74) is -1.90. The molecule has 1 N–H and O–H groups in total. The monoisotopic (exact) mass is 355 g/mol. The van der Waals surface area contributed by atoms with E-state index < -0.39 is 23.2 Å². The summed E-state index contributed by atoms with van der Waals surface area (Å²) in [5.74, 6) is -2.40. The number of ketones is 1. The summed E-state index contributed by atoms with van der Waals surface area (Å²) in [5, 5.41) is 4.37. The van der Waals surface area contributed by atoms with Gasteiger partial charge in [0.1, 0.15) is 10.8 Å². The number of carbonyl (C=O) groups is 2. The Hall–Kier alpha value is -2.86. The van der Waals surface area contributed by atoms with Gasteiger partial charge in [0.05, 0.1) is 5.56 Å². The molecule has 1 atom stereocenters. The van der Waals surface area contributed by atoms with E-state index in [1.54, 1.807) is 29.6 Å². The maximum Gasteiger partial charge on any atom is 0.275 e. The summed E-state index contributed by atoms with van der Waals surface area (Å²) in [4.78, 5) is 25.3. The third-order valence-corrected chi connectivity index (χ3v) is 5.07. The Morgan fingerprint density at radius 2 is 1.76 bits per heavy atom. The zero-order valence-corrected chi connectivity index (χ0v) is 13.6. The molecule has 3 nitrogen and oxygen atoms in total. The maximum atomic E-state index is 15.6. The van der Waals surface area contributed by atoms with Crippen LogP contribution in [0.1, 0.15) is 15.9 Å². The first kappa shape index (κ1) is 15.7. The highest BCUT2D eigenvalue weighted by atomic mass is 32.1. The normalized spacial score (nSPS) is 19.4. The van der Waals surface area contributed by atoms with Crippen LogP contribution >= 0.6 is 11.3 Å². The van der Waals surface area contributed by atoms with Crippen molar-refractivity contribution in [1.29, 1.82) is 0 Å². The Balaban J connectivity index is 1.90. The molecule has 3 aromatic rings. The molecule has 0 radical (unpaired) electrons. The number of fused-ring (bicyclic) bond motifs is 1. The van der Waals surface area contributed by atoms with Gasteiger partial charge in [0.15, 0.2) is 0 Å². The molecule has 1 aromatic heterocycles. The van der Waals surface area contributed by atoms with Crippen LogP contribution in [0.2, 0.25) is 0 Å². The van der Waals surface area contributed by atoms with Crippen molar-refractivity contribution in [3.8, 4) is 11.1 Å². The van der Waals surface area contributed by atoms with Gasteiger partial charge in [-0.3, -0.25) is 9.59 Å². The number of amides is 1. The van der Waals surface area contributed by atoms with Crippen molar-refractivity contribution in [2.24, 2.45) is 0 Å². The lowest BCUT2D eigenvalue weighted by molar-refractivity contribution is -0.125. The molecule has 0 saturated carbocycles. The van der Waals surface area contributed by atoms with Gasteiger partial charge in [-0.1, -0.05) is 42.5 Å². The first-order valence-electron chi connectivity index (χ1n) is 7.50. The van der Waals surface area contributed by atoms with E-state index in [-0.39, 0.29) is 16.1 Å². The van der Waals surface area contributed by atoms with Crippen LogP contribution in [0.3, 0.4) is 0 Å². The zero-order chi connectivity index (χ0) is 17.6. The molecule has 1 aliphatic rings. The first-order chi connectivity index (χ1) is 12.0. The lowest BCUT2D eigenvalue weighted by atomic mass is 9.83. The molecular weight excluding hydrogens is 344 g/mol. The Labute approximate surface area is 145 Å². The number of nitrogens with one attached hydrogen (secondary N) is 1. The van der Waals surface area contributed by atoms with E-state index in [4.69, 9.17) is 0 Å². The van der Waals surface area contributed by atoms with Gasteiger partial charge >= 0.3 is 0 Å². The van der Waals surface area contributed by atoms with Crippen LogP contribution in [0.5, 0.6) is 0 Å². The highest BCUT2D eigenvalue weighted by molar-refractivity contribution is 7.15. The number of rotatable bonds is 2. The number of benzene rings is 2. The molecule has 0 fully saturated rings. The topological polar surface area (TPSA) is 46.2 Å². The van der Waals surface area contributed by atoms with Crippen molar-refractivity contribution in [3.63, 3.8) is 0 Å². The molecule has 2 aromatic carbocycles. The van der Waals surface area contributed by atoms with Crippen LogP contribution in [0, 0.1) is 5.82 Å². The molecule has 0 aliphatic carbocycles. The van der Waals surface area contributed by atoms with Gasteiger partial charge < -0.3 is 5.32 Å². The van der Waals surface area contributed by atoms with E-state index in [2.05, 4.69) is 5.32 Å². The number of carbonyl (C=O) groups excluding carboxylic acids is 2. The predicted molar refractivity (Wildman–Crippen MR) is 91.9 cm³/mol. The second-order valence-electron chi connectivity index (χ2n) is 5.67. The van der Waals surface area contributed by atoms with Crippen molar-refractivity contribution < 1.29 is 18.4 Å². The Kier molecular flexibility index (Phi) is 3.51. The minimum absolute atomic E-state index is 0.0282. The molecule has 1 unspecified atom stereocenters. The van der Waals surface area contributed by atoms with Gasteiger partial charge in [0.25, 0.3) is 11.6 Å². The number of alkyl halides is 1. The van der Waals surface area contributed by atoms with Crippen LogP contribution < -0.4 is 5.32 Å². The van der Waals surface area contributed by atoms with Crippen LogP contribution in [-0.4, -0.2) is 11.7 Å². The molecule has 6 heteroatoms. The molecule has 0 spiro atoms. The van der Waals surface area contributed by atoms with Gasteiger partial charge in [0.2, 0.25) is 5.78 Å². The SMILES string of the molecule is O=C1Nc2scc(-c3cccc(F)c3)c2C(=O)C1(F)c1ccccc1. The van der Waals surface area contributed by atoms with E-state index in [0.29, 0.717) is 11.1 Å². The molecule has 25 heavy (non-hydrogen) atoms. The average molecular weight is 355 g/mol. The molecule has 4 rings (SSSR count). The number of thiophene rings is 1. The van der Waals surface area contributed by atoms with E-state index in [9.17, 15) is 14.0 Å². The maximum absolute atomic E-state index is 15.6. The van der Waals surface area contributed by atoms with Gasteiger partial charge in [-0.15, -0.1) is 11.3 Å². The highest BCUT2D eigenvalue weighted by Gasteiger charge is 2.53. The van der Waals surface area contributed by atoms with Crippen molar-refractivity contribution in [2.75, 3.05) is 5.32 Å². The third kappa shape index (κ3) is 2.29. The van der Waals surface area contributed by atoms with Gasteiger partial charge in [-0.05, 0) is 17.7 Å². The average Bonchev–Trinajstić information content (AvgIpc) is 3.04. The van der Waals surface area contributed by atoms with Crippen molar-refractivity contribution >= 4 is 28.0 Å². The van der Waals surface area contributed by atoms with Crippen molar-refractivity contribution in [1.82, 2.24) is 0 Å². The largest absolute Gasteiger partial charge is 0.314 e. The molecule has 0 saturated heterocycles. The summed E-state index contributed by atoms with van der Waals surface area (Å²) in [6.45, 7) is 0. The molecule has 2 heterocycles. The van der Waals surface area contributed by atoms with Crippen LogP contribution in [-0.2, 0) is 10.5 Å². The number of hydrogen-bond donors (Lipinski definition) is 1. The Morgan fingerprint density at radius 3 is 2.48 bits per heavy atom. The van der Waals surface area contributed by atoms with Crippen molar-refractivity contribution in [3.05, 3.63) is 76.9 Å². The molecule has 1 amide bonds. The predicted octanol–water partition coefficient (Wildman–Crippen LogP) is 4.55. The zero-order valence-electron chi connectivity index (χ0n) is 12.8. The number of Topliss-reactive ketones (excluding diaryl/α,β-unsaturated/α-hetero) is 1. The van der Waals surface area contributed by atoms with E-state index in [1.807, 2.05) is 0 Å². The molecule has 1 aliphatic heterocycles. The summed E-state index contributed by atoms with van der Waals surface area (Å²) in [6.07, 6.45) is 0. The van der Waals surface area contributed by atoms with Gasteiger partial charge in [-0.25, -0.2) is 8.78 Å². The second kappa shape index (κ2) is 5.60. The second-order valence-corrected chi connectivity index (χ2v) is 6.55. The summed E-state index contributed by atoms with van der Waals surface area (Å²) >= 11 is 1.11. The highest BCUT2D eigenvalue weighted by Crippen LogP contribution is 2.45. The quantitative estimate of drug-likeness (QED) is 0.685. The van der Waals surface area contributed by atoms with Crippen molar-refractivity contribution in [2.45, 2.75) is 5.67 Å². The fraction of sp³-hybridized carbons (Fsp3) is 0.0526. The van der Waals surface area contributed by atoms with E-state index >= 15 is 4.39 Å². The van der Waals surface area contributed by atoms with Crippen LogP contribution in [0.25, 0.3) is 11.1 Å². The molecule has 124 valence electrons. The minimum atomic E-state index is -2.81. The first-order valence-corrected chi connectivity index (χ1v) is 8.38. The smallest absolute Gasteiger partial charge is 0.275 e. The fourth-order valence-electron chi connectivity index (χ4n) is 2.94. The summed E-state index contributed by atoms with van der Waals surface area (Å²) < 4.78 is 29.1. The fourth-order valence-corrected chi connectivity index (χ4v) is 3.90. The van der Waals surface area contributed by atoms with Crippen LogP contribution in [0.4, 0.5) is 13.8 Å². The molecular formula is C19H11F2NO2S. The Bertz CT molecular complexity index is 1000. The number of halogens is 2. The Morgan fingerprint density at radius 1 is 1.00 bits per heavy atom. The van der Waals surface area contributed by atoms with E-state index in [1.165, 1.54) is 30.3 Å². The third-order valence-electron chi connectivity index (χ3n) is 4.18. The standard InChI is InChI=1S/C19H11F2NO2S/c20-13-8-4-5-11(9-13)14-10-25-17-15(14)16(23)19(21,18(24)22-17)12-6-2-1-3-7-12/h1-10H,(H,22,24). The number of hydrogen-bond acceptors (Lipinski definition) is 3. The minimum Gasteiger partial charge on any atom is -0.314 e. The number of anilines is 1.